The van der Waals surface area contributed by atoms with E-state index in [1.54, 1.807) is 17.0 Å². The molecule has 4 aliphatic rings. The second kappa shape index (κ2) is 7.47. The number of aliphatic imine (C=N–C) groups is 1. The molecule has 2 heterocycles. The molecule has 7 heteroatoms. The van der Waals surface area contributed by atoms with Crippen LogP contribution in [-0.2, 0) is 9.59 Å². The number of amidine groups is 1. The fourth-order valence-electron chi connectivity index (χ4n) is 5.08. The van der Waals surface area contributed by atoms with E-state index in [-0.39, 0.29) is 29.4 Å². The standard InChI is InChI=1S/C26H26BN3O3/c27-22(20-11-14-29(15-20)24(32)19-5-6-19)30-23(28-26(12-13-26)25(30)33)18-3-1-16(2-4-18)17-7-9-21(31)10-8-17/h1-4,7-10,19-20,22,31H,5-6,11-15H2/t20-,22?/m1/s1. The number of amides is 2. The van der Waals surface area contributed by atoms with Crippen molar-refractivity contribution in [2.75, 3.05) is 13.1 Å². The van der Waals surface area contributed by atoms with E-state index in [1.807, 2.05) is 41.3 Å². The van der Waals surface area contributed by atoms with Gasteiger partial charge >= 0.3 is 0 Å². The quantitative estimate of drug-likeness (QED) is 0.729. The van der Waals surface area contributed by atoms with Crippen LogP contribution in [0.5, 0.6) is 5.75 Å². The molecule has 0 aromatic heterocycles. The number of nitrogens with zero attached hydrogens (tertiary/aromatic N) is 3. The molecular formula is C26H26BN3O3. The highest BCUT2D eigenvalue weighted by molar-refractivity contribution is 6.23. The van der Waals surface area contributed by atoms with Gasteiger partial charge in [0.1, 0.15) is 25.0 Å². The van der Waals surface area contributed by atoms with Crippen LogP contribution < -0.4 is 0 Å². The number of hydrogen-bond donors (Lipinski definition) is 1. The highest BCUT2D eigenvalue weighted by Crippen LogP contribution is 2.47. The van der Waals surface area contributed by atoms with Crippen molar-refractivity contribution >= 4 is 25.5 Å². The minimum atomic E-state index is -0.634. The van der Waals surface area contributed by atoms with Gasteiger partial charge < -0.3 is 14.9 Å². The van der Waals surface area contributed by atoms with E-state index in [0.717, 1.165) is 48.8 Å². The maximum Gasteiger partial charge on any atom is 0.255 e. The van der Waals surface area contributed by atoms with Gasteiger partial charge in [0, 0.05) is 30.5 Å². The van der Waals surface area contributed by atoms with Crippen LogP contribution in [0.4, 0.5) is 0 Å². The van der Waals surface area contributed by atoms with E-state index >= 15 is 0 Å². The van der Waals surface area contributed by atoms with E-state index < -0.39 is 11.5 Å². The summed E-state index contributed by atoms with van der Waals surface area (Å²) in [5, 5.41) is 9.53. The first-order valence-electron chi connectivity index (χ1n) is 11.8. The lowest BCUT2D eigenvalue weighted by Gasteiger charge is -2.31. The summed E-state index contributed by atoms with van der Waals surface area (Å²) >= 11 is 0. The van der Waals surface area contributed by atoms with Crippen molar-refractivity contribution in [2.45, 2.75) is 43.6 Å². The van der Waals surface area contributed by atoms with E-state index in [9.17, 15) is 14.7 Å². The van der Waals surface area contributed by atoms with Gasteiger partial charge in [0.05, 0.1) is 0 Å². The van der Waals surface area contributed by atoms with Crippen LogP contribution in [0.25, 0.3) is 11.1 Å². The summed E-state index contributed by atoms with van der Waals surface area (Å²) in [7, 11) is 6.70. The van der Waals surface area contributed by atoms with E-state index in [1.165, 1.54) is 0 Å². The molecule has 2 radical (unpaired) electrons. The number of phenols is 1. The number of benzene rings is 2. The van der Waals surface area contributed by atoms with Crippen molar-refractivity contribution in [1.29, 1.82) is 0 Å². The van der Waals surface area contributed by atoms with Gasteiger partial charge in [0.2, 0.25) is 5.91 Å². The second-order valence-electron chi connectivity index (χ2n) is 9.86. The highest BCUT2D eigenvalue weighted by atomic mass is 16.3. The average molecular weight is 439 g/mol. The molecule has 33 heavy (non-hydrogen) atoms. The molecule has 2 amide bonds. The van der Waals surface area contributed by atoms with E-state index in [0.29, 0.717) is 18.9 Å². The number of hydrogen-bond acceptors (Lipinski definition) is 4. The van der Waals surface area contributed by atoms with Crippen LogP contribution >= 0.6 is 0 Å². The van der Waals surface area contributed by atoms with Crippen molar-refractivity contribution in [2.24, 2.45) is 16.8 Å². The van der Waals surface area contributed by atoms with E-state index in [4.69, 9.17) is 12.8 Å². The Morgan fingerprint density at radius 1 is 1.00 bits per heavy atom. The first kappa shape index (κ1) is 20.5. The third-order valence-electron chi connectivity index (χ3n) is 7.48. The van der Waals surface area contributed by atoms with Crippen molar-refractivity contribution in [3.05, 3.63) is 54.1 Å². The summed E-state index contributed by atoms with van der Waals surface area (Å²) in [6, 6.07) is 15.0. The molecule has 2 aromatic rings. The average Bonchev–Trinajstić information content (AvgIpc) is 3.75. The van der Waals surface area contributed by atoms with Gasteiger partial charge in [-0.25, -0.2) is 0 Å². The fourth-order valence-corrected chi connectivity index (χ4v) is 5.08. The zero-order valence-corrected chi connectivity index (χ0v) is 18.5. The smallest absolute Gasteiger partial charge is 0.255 e. The van der Waals surface area contributed by atoms with Gasteiger partial charge in [0.25, 0.3) is 5.91 Å². The van der Waals surface area contributed by atoms with Crippen LogP contribution in [0, 0.1) is 11.8 Å². The minimum Gasteiger partial charge on any atom is -0.508 e. The third kappa shape index (κ3) is 3.54. The topological polar surface area (TPSA) is 73.2 Å². The van der Waals surface area contributed by atoms with Crippen LogP contribution in [0.2, 0.25) is 0 Å². The molecule has 1 unspecified atom stereocenters. The van der Waals surface area contributed by atoms with Crippen molar-refractivity contribution < 1.29 is 14.7 Å². The Hall–Kier alpha value is -3.09. The maximum absolute atomic E-state index is 13.4. The Labute approximate surface area is 194 Å². The van der Waals surface area contributed by atoms with Crippen LogP contribution in [0.3, 0.4) is 0 Å². The first-order valence-corrected chi connectivity index (χ1v) is 11.8. The molecule has 6 nitrogen and oxygen atoms in total. The Balaban J connectivity index is 1.24. The van der Waals surface area contributed by atoms with Crippen molar-refractivity contribution in [1.82, 2.24) is 9.80 Å². The summed E-state index contributed by atoms with van der Waals surface area (Å²) in [4.78, 5) is 34.3. The number of rotatable bonds is 5. The molecule has 2 aliphatic carbocycles. The van der Waals surface area contributed by atoms with Crippen LogP contribution in [0.1, 0.15) is 37.7 Å². The molecular weight excluding hydrogens is 413 g/mol. The van der Waals surface area contributed by atoms with Gasteiger partial charge in [0.15, 0.2) is 0 Å². The third-order valence-corrected chi connectivity index (χ3v) is 7.48. The molecule has 166 valence electrons. The lowest BCUT2D eigenvalue weighted by Crippen LogP contribution is -2.49. The molecule has 2 saturated carbocycles. The molecule has 1 spiro atoms. The monoisotopic (exact) mass is 439 g/mol. The lowest BCUT2D eigenvalue weighted by molar-refractivity contribution is -0.131. The van der Waals surface area contributed by atoms with Crippen molar-refractivity contribution in [3.63, 3.8) is 0 Å². The number of likely N-dealkylation sites (tertiary alicyclic amines) is 1. The zero-order chi connectivity index (χ0) is 22.7. The Bertz CT molecular complexity index is 1140. The Morgan fingerprint density at radius 2 is 1.61 bits per heavy atom. The first-order chi connectivity index (χ1) is 15.9. The predicted octanol–water partition coefficient (Wildman–Crippen LogP) is 2.93. The van der Waals surface area contributed by atoms with Gasteiger partial charge in [-0.2, -0.15) is 0 Å². The molecule has 3 fully saturated rings. The Kier molecular flexibility index (Phi) is 4.65. The molecule has 2 aromatic carbocycles. The number of carbonyl (C=O) groups is 2. The second-order valence-corrected chi connectivity index (χ2v) is 9.86. The molecule has 1 saturated heterocycles. The Morgan fingerprint density at radius 3 is 2.21 bits per heavy atom. The summed E-state index contributed by atoms with van der Waals surface area (Å²) < 4.78 is 0. The maximum atomic E-state index is 13.4. The number of aromatic hydroxyl groups is 1. The summed E-state index contributed by atoms with van der Waals surface area (Å²) in [6.07, 6.45) is 4.33. The summed E-state index contributed by atoms with van der Waals surface area (Å²) in [5.74, 6) is 0.880. The zero-order valence-electron chi connectivity index (χ0n) is 18.5. The molecule has 2 atom stereocenters. The van der Waals surface area contributed by atoms with Gasteiger partial charge in [-0.15, -0.1) is 0 Å². The molecule has 2 aliphatic heterocycles. The number of carbonyl (C=O) groups excluding carboxylic acids is 2. The largest absolute Gasteiger partial charge is 0.508 e. The van der Waals surface area contributed by atoms with Crippen LogP contribution in [0.15, 0.2) is 53.5 Å². The predicted molar refractivity (Wildman–Crippen MR) is 126 cm³/mol. The summed E-state index contributed by atoms with van der Waals surface area (Å²) in [6.45, 7) is 1.33. The molecule has 1 N–H and O–H groups in total. The van der Waals surface area contributed by atoms with E-state index in [2.05, 4.69) is 0 Å². The van der Waals surface area contributed by atoms with Gasteiger partial charge in [-0.05, 0) is 61.3 Å². The molecule has 0 bridgehead atoms. The minimum absolute atomic E-state index is 0.000388. The highest BCUT2D eigenvalue weighted by Gasteiger charge is 2.58. The SMILES string of the molecule is [B]C([C@@H]1CCN(C(=O)C2CC2)C1)N1C(=O)C2(CC2)N=C1c1ccc(-c2ccc(O)cc2)cc1. The van der Waals surface area contributed by atoms with Crippen molar-refractivity contribution in [3.8, 4) is 16.9 Å². The lowest BCUT2D eigenvalue weighted by atomic mass is 9.81. The van der Waals surface area contributed by atoms with Crippen LogP contribution in [-0.4, -0.2) is 65.0 Å². The van der Waals surface area contributed by atoms with Gasteiger partial charge in [-0.1, -0.05) is 36.4 Å². The summed E-state index contributed by atoms with van der Waals surface area (Å²) in [5.41, 5.74) is 2.26. The molecule has 6 rings (SSSR count). The van der Waals surface area contributed by atoms with Gasteiger partial charge in [-0.3, -0.25) is 14.6 Å². The fraction of sp³-hybridized carbons (Fsp3) is 0.423. The number of phenolic OH excluding ortho intramolecular Hbond substituents is 1. The normalized spacial score (nSPS) is 24.3.